The molecule has 0 saturated carbocycles. The number of carboxylic acid groups (broad SMARTS) is 1. The number of esters is 1. The Labute approximate surface area is 270 Å². The number of carbonyl (C=O) groups is 2. The lowest BCUT2D eigenvalue weighted by Gasteiger charge is -2.42. The number of fused-ring (bicyclic) bond motifs is 2. The highest BCUT2D eigenvalue weighted by Gasteiger charge is 2.44. The van der Waals surface area contributed by atoms with Gasteiger partial charge in [-0.2, -0.15) is 13.8 Å². The molecule has 5 aliphatic rings. The summed E-state index contributed by atoms with van der Waals surface area (Å²) in [6.07, 6.45) is 4.92. The lowest BCUT2D eigenvalue weighted by molar-refractivity contribution is -0.148. The number of ether oxygens (including phenoxy) is 1. The molecule has 2 aliphatic carbocycles. The van der Waals surface area contributed by atoms with E-state index in [-0.39, 0.29) is 60.7 Å². The Hall–Kier alpha value is -4.43. The van der Waals surface area contributed by atoms with Gasteiger partial charge in [0.15, 0.2) is 0 Å². The number of aromatic nitrogens is 4. The van der Waals surface area contributed by atoms with E-state index in [0.717, 1.165) is 37.0 Å². The molecule has 0 bridgehead atoms. The number of alkyl halides is 2. The summed E-state index contributed by atoms with van der Waals surface area (Å²) >= 11 is 0. The van der Waals surface area contributed by atoms with Gasteiger partial charge in [-0.25, -0.2) is 15.0 Å². The van der Waals surface area contributed by atoms with Crippen molar-refractivity contribution in [1.29, 1.82) is 5.41 Å². The van der Waals surface area contributed by atoms with Gasteiger partial charge < -0.3 is 35.3 Å². The van der Waals surface area contributed by atoms with E-state index < -0.39 is 24.0 Å². The normalized spacial score (nSPS) is 24.6. The summed E-state index contributed by atoms with van der Waals surface area (Å²) in [5, 5.41) is 20.1. The zero-order chi connectivity index (χ0) is 33.0. The number of nitrogens with zero attached hydrogens (tertiary/aromatic N) is 7. The molecule has 7 rings (SSSR count). The van der Waals surface area contributed by atoms with Crippen LogP contribution in [0.5, 0.6) is 0 Å². The second-order valence-electron chi connectivity index (χ2n) is 13.3. The smallest absolute Gasteiger partial charge is 0.325 e. The minimum absolute atomic E-state index is 0.0651. The molecule has 47 heavy (non-hydrogen) atoms. The van der Waals surface area contributed by atoms with E-state index in [2.05, 4.69) is 32.0 Å². The number of anilines is 3. The van der Waals surface area contributed by atoms with Crippen molar-refractivity contribution in [2.45, 2.75) is 82.9 Å². The summed E-state index contributed by atoms with van der Waals surface area (Å²) in [4.78, 5) is 48.9. The maximum absolute atomic E-state index is 14.8. The third kappa shape index (κ3) is 5.73. The van der Waals surface area contributed by atoms with E-state index in [1.807, 2.05) is 11.8 Å². The van der Waals surface area contributed by atoms with Crippen LogP contribution in [0, 0.1) is 11.3 Å². The molecule has 5 heterocycles. The predicted molar refractivity (Wildman–Crippen MR) is 169 cm³/mol. The van der Waals surface area contributed by atoms with Crippen LogP contribution in [0.2, 0.25) is 0 Å². The molecule has 0 unspecified atom stereocenters. The fraction of sp³-hybridized carbons (Fsp3) is 0.594. The summed E-state index contributed by atoms with van der Waals surface area (Å²) in [5.41, 5.74) is 2.20. The maximum Gasteiger partial charge on any atom is 0.325 e. The van der Waals surface area contributed by atoms with Crippen LogP contribution >= 0.6 is 0 Å². The molecule has 3 saturated heterocycles. The Balaban J connectivity index is 1.06. The molecule has 2 aromatic rings. The average Bonchev–Trinajstić information content (AvgIpc) is 3.54. The van der Waals surface area contributed by atoms with Crippen molar-refractivity contribution >= 4 is 41.4 Å². The van der Waals surface area contributed by atoms with Gasteiger partial charge in [0.1, 0.15) is 24.2 Å². The highest BCUT2D eigenvalue weighted by molar-refractivity contribution is 6.08. The molecule has 13 nitrogen and oxygen atoms in total. The number of aliphatic carboxylic acids is 1. The first kappa shape index (κ1) is 31.2. The van der Waals surface area contributed by atoms with Gasteiger partial charge >= 0.3 is 11.9 Å². The number of nitrogens with one attached hydrogen (secondary N) is 2. The summed E-state index contributed by atoms with van der Waals surface area (Å²) in [5.74, 6) is -2.73. The van der Waals surface area contributed by atoms with Crippen LogP contribution in [0.1, 0.15) is 80.3 Å². The van der Waals surface area contributed by atoms with E-state index in [0.29, 0.717) is 55.7 Å². The zero-order valence-electron chi connectivity index (χ0n) is 26.5. The average molecular weight is 652 g/mol. The standard InChI is InChI=1S/C32H39F2N9O4/c1-17-6-9-42(17)30-37-26(21-5-8-32(33,34)28(21)39-30)20(12-35)13-36-14-25(46)47-23-4-3-22-27(23)38-31(43-10-7-18(43)2)40-29(22)41-15-19(16-41)11-24(44)45/h12-13,17-19,23,35-36H,3-11,14-16H2,1-2H3,(H,44,45)/b20-13+,35-12?/t17-,18-,23+/m0/s1. The largest absolute Gasteiger partial charge is 0.481 e. The highest BCUT2D eigenvalue weighted by atomic mass is 19.3. The van der Waals surface area contributed by atoms with Crippen molar-refractivity contribution in [3.63, 3.8) is 0 Å². The van der Waals surface area contributed by atoms with Gasteiger partial charge in [-0.05, 0) is 46.0 Å². The third-order valence-corrected chi connectivity index (χ3v) is 10.1. The monoisotopic (exact) mass is 651 g/mol. The third-order valence-electron chi connectivity index (χ3n) is 10.1. The van der Waals surface area contributed by atoms with Crippen LogP contribution in [-0.4, -0.2) is 88.0 Å². The Kier molecular flexibility index (Phi) is 7.95. The van der Waals surface area contributed by atoms with Gasteiger partial charge in [0.2, 0.25) is 11.9 Å². The number of halogens is 2. The minimum atomic E-state index is -3.06. The quantitative estimate of drug-likeness (QED) is 0.241. The molecule has 3 N–H and O–H groups in total. The van der Waals surface area contributed by atoms with Gasteiger partial charge in [-0.1, -0.05) is 0 Å². The Bertz CT molecular complexity index is 1650. The van der Waals surface area contributed by atoms with E-state index >= 15 is 0 Å². The number of rotatable bonds is 11. The number of hydrogen-bond acceptors (Lipinski definition) is 12. The van der Waals surface area contributed by atoms with Gasteiger partial charge in [0.05, 0.1) is 17.8 Å². The minimum Gasteiger partial charge on any atom is -0.481 e. The second kappa shape index (κ2) is 12.0. The first-order valence-corrected chi connectivity index (χ1v) is 16.4. The summed E-state index contributed by atoms with van der Waals surface area (Å²) < 4.78 is 35.4. The molecule has 0 aromatic carbocycles. The number of allylic oxidation sites excluding steroid dienone is 1. The first-order chi connectivity index (χ1) is 22.5. The molecule has 3 atom stereocenters. The topological polar surface area (TPSA) is 161 Å². The Morgan fingerprint density at radius 3 is 2.34 bits per heavy atom. The molecule has 3 aliphatic heterocycles. The Morgan fingerprint density at radius 2 is 1.72 bits per heavy atom. The Morgan fingerprint density at radius 1 is 1.02 bits per heavy atom. The molecule has 2 aromatic heterocycles. The van der Waals surface area contributed by atoms with Crippen LogP contribution in [0.15, 0.2) is 6.20 Å². The summed E-state index contributed by atoms with van der Waals surface area (Å²) in [6, 6.07) is 0.439. The van der Waals surface area contributed by atoms with E-state index in [4.69, 9.17) is 20.1 Å². The van der Waals surface area contributed by atoms with E-state index in [9.17, 15) is 23.5 Å². The fourth-order valence-corrected chi connectivity index (χ4v) is 7.05. The van der Waals surface area contributed by atoms with Crippen LogP contribution in [0.3, 0.4) is 0 Å². The fourth-order valence-electron chi connectivity index (χ4n) is 7.05. The van der Waals surface area contributed by atoms with Crippen molar-refractivity contribution in [3.05, 3.63) is 34.4 Å². The maximum atomic E-state index is 14.8. The van der Waals surface area contributed by atoms with Crippen LogP contribution < -0.4 is 20.0 Å². The number of carboxylic acids is 1. The molecule has 0 spiro atoms. The van der Waals surface area contributed by atoms with Gasteiger partial charge in [0, 0.05) is 79.7 Å². The second-order valence-corrected chi connectivity index (χ2v) is 13.3. The van der Waals surface area contributed by atoms with Crippen molar-refractivity contribution in [2.24, 2.45) is 5.92 Å². The first-order valence-electron chi connectivity index (χ1n) is 16.4. The molecule has 0 radical (unpaired) electrons. The SMILES string of the molecule is C[C@H]1CCN1c1nc2c(c(N3CC(CC(=O)O)C3)n1)CC[C@H]2OC(=O)CN/C=C(\C=N)c1nc(N2CC[C@@H]2C)nc2c1CCC2(F)F. The molecule has 3 fully saturated rings. The van der Waals surface area contributed by atoms with Crippen LogP contribution in [0.4, 0.5) is 26.5 Å². The molecular weight excluding hydrogens is 612 g/mol. The van der Waals surface area contributed by atoms with Gasteiger partial charge in [-0.15, -0.1) is 0 Å². The van der Waals surface area contributed by atoms with Crippen molar-refractivity contribution in [1.82, 2.24) is 25.3 Å². The lowest BCUT2D eigenvalue weighted by Crippen LogP contribution is -2.50. The number of carbonyl (C=O) groups excluding carboxylic acids is 1. The van der Waals surface area contributed by atoms with E-state index in [1.54, 1.807) is 0 Å². The van der Waals surface area contributed by atoms with Crippen molar-refractivity contribution in [3.8, 4) is 0 Å². The van der Waals surface area contributed by atoms with Crippen molar-refractivity contribution in [2.75, 3.05) is 47.4 Å². The highest BCUT2D eigenvalue weighted by Crippen LogP contribution is 2.44. The zero-order valence-corrected chi connectivity index (χ0v) is 26.5. The molecule has 250 valence electrons. The van der Waals surface area contributed by atoms with E-state index in [1.165, 1.54) is 6.20 Å². The molecular formula is C32H39F2N9O4. The number of hydrogen-bond donors (Lipinski definition) is 3. The van der Waals surface area contributed by atoms with Crippen LogP contribution in [0.25, 0.3) is 5.57 Å². The van der Waals surface area contributed by atoms with Gasteiger partial charge in [0.25, 0.3) is 5.92 Å². The van der Waals surface area contributed by atoms with Crippen LogP contribution in [-0.2, 0) is 33.1 Å². The molecule has 15 heteroatoms. The predicted octanol–water partition coefficient (Wildman–Crippen LogP) is 3.22. The van der Waals surface area contributed by atoms with Gasteiger partial charge in [-0.3, -0.25) is 9.59 Å². The summed E-state index contributed by atoms with van der Waals surface area (Å²) in [7, 11) is 0. The lowest BCUT2D eigenvalue weighted by atomic mass is 9.96. The molecule has 0 amide bonds. The van der Waals surface area contributed by atoms with Crippen molar-refractivity contribution < 1.29 is 28.2 Å². The summed E-state index contributed by atoms with van der Waals surface area (Å²) in [6.45, 7) is 6.61.